The molecule has 1 fully saturated rings. The molecule has 0 spiro atoms. The van der Waals surface area contributed by atoms with Gasteiger partial charge in [0, 0.05) is 43.0 Å². The summed E-state index contributed by atoms with van der Waals surface area (Å²) >= 11 is 0. The summed E-state index contributed by atoms with van der Waals surface area (Å²) in [6.07, 6.45) is 1.60. The number of rotatable bonds is 4. The van der Waals surface area contributed by atoms with E-state index in [1.165, 1.54) is 0 Å². The van der Waals surface area contributed by atoms with E-state index >= 15 is 0 Å². The summed E-state index contributed by atoms with van der Waals surface area (Å²) in [6.45, 7) is 4.87. The number of pyridine rings is 1. The summed E-state index contributed by atoms with van der Waals surface area (Å²) in [7, 11) is 0. The second-order valence-electron chi connectivity index (χ2n) is 4.86. The molecule has 1 N–H and O–H groups in total. The average molecular weight is 272 g/mol. The largest absolute Gasteiger partial charge is 0.366 e. The molecule has 0 radical (unpaired) electrons. The molecule has 3 rings (SSSR count). The number of fused-ring (bicyclic) bond motifs is 1. The topological polar surface area (TPSA) is 71.3 Å². The highest BCUT2D eigenvalue weighted by molar-refractivity contribution is 5.97. The number of hydrogen-bond acceptors (Lipinski definition) is 5. The van der Waals surface area contributed by atoms with Crippen molar-refractivity contribution in [3.8, 4) is 0 Å². The molecule has 1 aromatic heterocycles. The van der Waals surface area contributed by atoms with Crippen LogP contribution in [0.4, 0.5) is 11.4 Å². The van der Waals surface area contributed by atoms with Crippen LogP contribution in [0.2, 0.25) is 0 Å². The van der Waals surface area contributed by atoms with Crippen molar-refractivity contribution in [2.24, 2.45) is 0 Å². The number of anilines is 1. The van der Waals surface area contributed by atoms with Crippen LogP contribution in [0.15, 0.2) is 30.5 Å². The van der Waals surface area contributed by atoms with Gasteiger partial charge < -0.3 is 10.2 Å². The molecule has 2 heterocycles. The second-order valence-corrected chi connectivity index (χ2v) is 4.86. The molecule has 1 aliphatic heterocycles. The maximum atomic E-state index is 11.1. The highest BCUT2D eigenvalue weighted by atomic mass is 16.6. The van der Waals surface area contributed by atoms with Gasteiger partial charge in [-0.25, -0.2) is 4.98 Å². The van der Waals surface area contributed by atoms with Crippen LogP contribution >= 0.6 is 0 Å². The first-order chi connectivity index (χ1) is 9.72. The first-order valence-electron chi connectivity index (χ1n) is 6.72. The van der Waals surface area contributed by atoms with Gasteiger partial charge in [0.05, 0.1) is 11.0 Å². The fourth-order valence-corrected chi connectivity index (χ4v) is 2.66. The minimum atomic E-state index is -0.375. The third kappa shape index (κ3) is 1.98. The first-order valence-corrected chi connectivity index (χ1v) is 6.72. The van der Waals surface area contributed by atoms with E-state index in [0.29, 0.717) is 11.6 Å². The molecule has 0 saturated carbocycles. The summed E-state index contributed by atoms with van der Waals surface area (Å²) in [5.74, 6) is 0. The number of likely N-dealkylation sites (N-methyl/N-ethyl adjacent to an activating group) is 1. The quantitative estimate of drug-likeness (QED) is 0.680. The molecule has 1 aromatic carbocycles. The van der Waals surface area contributed by atoms with E-state index in [1.54, 1.807) is 12.3 Å². The Morgan fingerprint density at radius 2 is 2.25 bits per heavy atom. The Labute approximate surface area is 116 Å². The van der Waals surface area contributed by atoms with E-state index in [4.69, 9.17) is 0 Å². The summed E-state index contributed by atoms with van der Waals surface area (Å²) in [4.78, 5) is 17.2. The highest BCUT2D eigenvalue weighted by Gasteiger charge is 2.26. The number of aromatic nitrogens is 1. The van der Waals surface area contributed by atoms with Crippen molar-refractivity contribution in [1.29, 1.82) is 0 Å². The van der Waals surface area contributed by atoms with E-state index in [1.807, 2.05) is 18.2 Å². The monoisotopic (exact) mass is 272 g/mol. The molecule has 1 saturated heterocycles. The van der Waals surface area contributed by atoms with Crippen molar-refractivity contribution in [2.75, 3.05) is 24.5 Å². The molecule has 0 aliphatic carbocycles. The van der Waals surface area contributed by atoms with Crippen molar-refractivity contribution >= 4 is 22.3 Å². The summed E-state index contributed by atoms with van der Waals surface area (Å²) < 4.78 is 0. The number of nitrogens with zero attached hydrogens (tertiary/aromatic N) is 3. The molecule has 6 nitrogen and oxygen atoms in total. The van der Waals surface area contributed by atoms with Gasteiger partial charge in [0.1, 0.15) is 5.52 Å². The van der Waals surface area contributed by atoms with Crippen LogP contribution in [0.1, 0.15) is 6.92 Å². The Morgan fingerprint density at radius 3 is 2.85 bits per heavy atom. The van der Waals surface area contributed by atoms with Gasteiger partial charge >= 0.3 is 0 Å². The Kier molecular flexibility index (Phi) is 3.23. The standard InChI is InChI=1S/C14H16N4O2/c1-2-17(10-8-15-9-10)12-5-6-13(18(19)20)14-11(12)4-3-7-16-14/h3-7,10,15H,2,8-9H2,1H3. The van der Waals surface area contributed by atoms with Crippen molar-refractivity contribution in [2.45, 2.75) is 13.0 Å². The van der Waals surface area contributed by atoms with E-state index in [-0.39, 0.29) is 10.6 Å². The van der Waals surface area contributed by atoms with Gasteiger partial charge in [0.15, 0.2) is 0 Å². The van der Waals surface area contributed by atoms with Crippen molar-refractivity contribution in [1.82, 2.24) is 10.3 Å². The van der Waals surface area contributed by atoms with Crippen LogP contribution in [-0.2, 0) is 0 Å². The first kappa shape index (κ1) is 12.8. The highest BCUT2D eigenvalue weighted by Crippen LogP contribution is 2.33. The van der Waals surface area contributed by atoms with E-state index in [9.17, 15) is 10.1 Å². The zero-order valence-electron chi connectivity index (χ0n) is 11.2. The zero-order valence-corrected chi connectivity index (χ0v) is 11.2. The molecule has 20 heavy (non-hydrogen) atoms. The van der Waals surface area contributed by atoms with Gasteiger partial charge in [-0.15, -0.1) is 0 Å². The summed E-state index contributed by atoms with van der Waals surface area (Å²) in [5.41, 5.74) is 1.54. The molecule has 6 heteroatoms. The fourth-order valence-electron chi connectivity index (χ4n) is 2.66. The average Bonchev–Trinajstić information content (AvgIpc) is 2.41. The fraction of sp³-hybridized carbons (Fsp3) is 0.357. The molecule has 104 valence electrons. The lowest BCUT2D eigenvalue weighted by molar-refractivity contribution is -0.383. The minimum Gasteiger partial charge on any atom is -0.366 e. The van der Waals surface area contributed by atoms with Gasteiger partial charge in [0.2, 0.25) is 0 Å². The minimum absolute atomic E-state index is 0.0622. The maximum Gasteiger partial charge on any atom is 0.295 e. The van der Waals surface area contributed by atoms with Gasteiger partial charge in [-0.05, 0) is 25.1 Å². The number of nitrogens with one attached hydrogen (secondary N) is 1. The number of nitro benzene ring substituents is 1. The predicted molar refractivity (Wildman–Crippen MR) is 78.1 cm³/mol. The van der Waals surface area contributed by atoms with E-state index in [0.717, 1.165) is 30.7 Å². The normalized spacial score (nSPS) is 15.1. The Hall–Kier alpha value is -2.21. The van der Waals surface area contributed by atoms with Gasteiger partial charge in [-0.1, -0.05) is 0 Å². The van der Waals surface area contributed by atoms with Crippen LogP contribution in [0.5, 0.6) is 0 Å². The molecule has 0 amide bonds. The number of hydrogen-bond donors (Lipinski definition) is 1. The Balaban J connectivity index is 2.16. The maximum absolute atomic E-state index is 11.1. The van der Waals surface area contributed by atoms with Gasteiger partial charge in [-0.3, -0.25) is 10.1 Å². The lowest BCUT2D eigenvalue weighted by atomic mass is 10.1. The third-order valence-corrected chi connectivity index (χ3v) is 3.77. The Morgan fingerprint density at radius 1 is 1.45 bits per heavy atom. The second kappa shape index (κ2) is 5.05. The van der Waals surface area contributed by atoms with Gasteiger partial charge in [-0.2, -0.15) is 0 Å². The number of non-ortho nitro benzene ring substituents is 1. The number of nitro groups is 1. The summed E-state index contributed by atoms with van der Waals surface area (Å²) in [5, 5.41) is 15.2. The van der Waals surface area contributed by atoms with Gasteiger partial charge in [0.25, 0.3) is 5.69 Å². The van der Waals surface area contributed by atoms with E-state index < -0.39 is 0 Å². The SMILES string of the molecule is CCN(c1ccc([N+](=O)[O-])c2ncccc12)C1CNC1. The van der Waals surface area contributed by atoms with Crippen molar-refractivity contribution in [3.63, 3.8) is 0 Å². The molecular formula is C14H16N4O2. The van der Waals surface area contributed by atoms with Crippen LogP contribution in [0.25, 0.3) is 10.9 Å². The lowest BCUT2D eigenvalue weighted by Gasteiger charge is -2.39. The van der Waals surface area contributed by atoms with E-state index in [2.05, 4.69) is 22.1 Å². The molecule has 0 unspecified atom stereocenters. The molecule has 0 atom stereocenters. The molecular weight excluding hydrogens is 256 g/mol. The molecule has 0 bridgehead atoms. The van der Waals surface area contributed by atoms with Crippen LogP contribution in [-0.4, -0.2) is 35.6 Å². The summed E-state index contributed by atoms with van der Waals surface area (Å²) in [6, 6.07) is 7.57. The third-order valence-electron chi connectivity index (χ3n) is 3.77. The van der Waals surface area contributed by atoms with Crippen LogP contribution in [0, 0.1) is 10.1 Å². The smallest absolute Gasteiger partial charge is 0.295 e. The Bertz CT molecular complexity index is 655. The van der Waals surface area contributed by atoms with Crippen molar-refractivity contribution in [3.05, 3.63) is 40.6 Å². The van der Waals surface area contributed by atoms with Crippen molar-refractivity contribution < 1.29 is 4.92 Å². The number of benzene rings is 1. The molecule has 2 aromatic rings. The lowest BCUT2D eigenvalue weighted by Crippen LogP contribution is -2.57. The van der Waals surface area contributed by atoms with Crippen LogP contribution in [0.3, 0.4) is 0 Å². The zero-order chi connectivity index (χ0) is 14.1. The predicted octanol–water partition coefficient (Wildman–Crippen LogP) is 1.94. The molecule has 1 aliphatic rings. The van der Waals surface area contributed by atoms with Crippen LogP contribution < -0.4 is 10.2 Å².